The van der Waals surface area contributed by atoms with Crippen LogP contribution in [0.25, 0.3) is 0 Å². The van der Waals surface area contributed by atoms with Gasteiger partial charge in [-0.05, 0) is 44.9 Å². The van der Waals surface area contributed by atoms with E-state index in [2.05, 4.69) is 25.4 Å². The molecule has 0 aromatic carbocycles. The van der Waals surface area contributed by atoms with Crippen LogP contribution in [0.3, 0.4) is 0 Å². The van der Waals surface area contributed by atoms with E-state index in [9.17, 15) is 4.79 Å². The zero-order chi connectivity index (χ0) is 15.8. The summed E-state index contributed by atoms with van der Waals surface area (Å²) in [7, 11) is 0. The summed E-state index contributed by atoms with van der Waals surface area (Å²) in [4.78, 5) is 19.3. The lowest BCUT2D eigenvalue weighted by molar-refractivity contribution is -0.134. The van der Waals surface area contributed by atoms with Crippen LogP contribution >= 0.6 is 0 Å². The van der Waals surface area contributed by atoms with Gasteiger partial charge in [0.15, 0.2) is 5.82 Å². The molecule has 2 N–H and O–H groups in total. The number of carbonyl (C=O) groups is 1. The predicted octanol–water partition coefficient (Wildman–Crippen LogP) is 1.74. The van der Waals surface area contributed by atoms with Gasteiger partial charge in [-0.3, -0.25) is 9.89 Å². The molecule has 1 aromatic heterocycles. The van der Waals surface area contributed by atoms with E-state index in [0.717, 1.165) is 49.9 Å². The largest absolute Gasteiger partial charge is 0.341 e. The number of carbonyl (C=O) groups excluding carboxylic acids is 1. The molecule has 1 amide bonds. The fraction of sp³-hybridized carbons (Fsp3) is 0.824. The Morgan fingerprint density at radius 2 is 1.96 bits per heavy atom. The lowest BCUT2D eigenvalue weighted by atomic mass is 9.85. The Morgan fingerprint density at radius 3 is 2.65 bits per heavy atom. The molecule has 3 atom stereocenters. The number of aryl methyl sites for hydroxylation is 1. The lowest BCUT2D eigenvalue weighted by Gasteiger charge is -2.32. The molecule has 0 bridgehead atoms. The molecule has 2 saturated heterocycles. The SMILES string of the molecule is Cc1nc(C2CCN(C(=O)[C@@H]3C[C@H]4CCCC[C@H]4N3)CC2)n[nH]1. The van der Waals surface area contributed by atoms with Crippen LogP contribution in [-0.2, 0) is 4.79 Å². The minimum absolute atomic E-state index is 0.0606. The number of hydrogen-bond donors (Lipinski definition) is 2. The monoisotopic (exact) mass is 317 g/mol. The number of aromatic amines is 1. The van der Waals surface area contributed by atoms with E-state index >= 15 is 0 Å². The summed E-state index contributed by atoms with van der Waals surface area (Å²) in [6, 6.07) is 0.650. The third-order valence-corrected chi connectivity index (χ3v) is 5.95. The number of aromatic nitrogens is 3. The maximum absolute atomic E-state index is 12.8. The average molecular weight is 317 g/mol. The lowest BCUT2D eigenvalue weighted by Crippen LogP contribution is -2.48. The molecule has 3 fully saturated rings. The second-order valence-corrected chi connectivity index (χ2v) is 7.48. The predicted molar refractivity (Wildman–Crippen MR) is 87.0 cm³/mol. The van der Waals surface area contributed by atoms with Gasteiger partial charge in [0.1, 0.15) is 5.82 Å². The Kier molecular flexibility index (Phi) is 4.09. The van der Waals surface area contributed by atoms with Crippen LogP contribution in [-0.4, -0.2) is 51.2 Å². The van der Waals surface area contributed by atoms with Crippen LogP contribution in [0.4, 0.5) is 0 Å². The van der Waals surface area contributed by atoms with Gasteiger partial charge in [-0.25, -0.2) is 4.98 Å². The molecule has 0 spiro atoms. The van der Waals surface area contributed by atoms with E-state index < -0.39 is 0 Å². The van der Waals surface area contributed by atoms with Crippen molar-refractivity contribution in [3.8, 4) is 0 Å². The molecular formula is C17H27N5O. The molecule has 4 rings (SSSR count). The number of piperidine rings is 1. The van der Waals surface area contributed by atoms with Gasteiger partial charge in [0.05, 0.1) is 6.04 Å². The molecule has 3 aliphatic rings. The van der Waals surface area contributed by atoms with Crippen molar-refractivity contribution in [2.45, 2.75) is 69.9 Å². The van der Waals surface area contributed by atoms with Crippen LogP contribution in [0.5, 0.6) is 0 Å². The molecule has 1 saturated carbocycles. The molecule has 23 heavy (non-hydrogen) atoms. The summed E-state index contributed by atoms with van der Waals surface area (Å²) in [5.41, 5.74) is 0. The number of likely N-dealkylation sites (tertiary alicyclic amines) is 1. The van der Waals surface area contributed by atoms with Crippen molar-refractivity contribution in [2.24, 2.45) is 5.92 Å². The van der Waals surface area contributed by atoms with Crippen LogP contribution in [0.15, 0.2) is 0 Å². The normalized spacial score (nSPS) is 32.0. The number of rotatable bonds is 2. The van der Waals surface area contributed by atoms with Crippen molar-refractivity contribution in [3.63, 3.8) is 0 Å². The maximum atomic E-state index is 12.8. The Hall–Kier alpha value is -1.43. The summed E-state index contributed by atoms with van der Waals surface area (Å²) in [6.45, 7) is 3.61. The zero-order valence-electron chi connectivity index (χ0n) is 13.9. The maximum Gasteiger partial charge on any atom is 0.239 e. The number of amides is 1. The van der Waals surface area contributed by atoms with E-state index in [-0.39, 0.29) is 6.04 Å². The van der Waals surface area contributed by atoms with Gasteiger partial charge in [-0.2, -0.15) is 5.10 Å². The Balaban J connectivity index is 1.32. The van der Waals surface area contributed by atoms with Crippen molar-refractivity contribution in [2.75, 3.05) is 13.1 Å². The van der Waals surface area contributed by atoms with Gasteiger partial charge >= 0.3 is 0 Å². The van der Waals surface area contributed by atoms with Crippen LogP contribution in [0, 0.1) is 12.8 Å². The Morgan fingerprint density at radius 1 is 1.17 bits per heavy atom. The molecule has 0 radical (unpaired) electrons. The van der Waals surface area contributed by atoms with Gasteiger partial charge in [0.2, 0.25) is 5.91 Å². The van der Waals surface area contributed by atoms with Crippen molar-refractivity contribution in [3.05, 3.63) is 11.6 Å². The van der Waals surface area contributed by atoms with Crippen molar-refractivity contribution in [1.82, 2.24) is 25.4 Å². The topological polar surface area (TPSA) is 73.9 Å². The molecular weight excluding hydrogens is 290 g/mol. The second kappa shape index (κ2) is 6.23. The second-order valence-electron chi connectivity index (χ2n) is 7.48. The van der Waals surface area contributed by atoms with Crippen LogP contribution in [0.2, 0.25) is 0 Å². The summed E-state index contributed by atoms with van der Waals surface area (Å²) in [6.07, 6.45) is 8.20. The van der Waals surface area contributed by atoms with Crippen LogP contribution < -0.4 is 5.32 Å². The number of nitrogens with zero attached hydrogens (tertiary/aromatic N) is 3. The molecule has 2 aliphatic heterocycles. The number of hydrogen-bond acceptors (Lipinski definition) is 4. The fourth-order valence-corrected chi connectivity index (χ4v) is 4.63. The third-order valence-electron chi connectivity index (χ3n) is 5.95. The first-order chi connectivity index (χ1) is 11.2. The number of nitrogens with one attached hydrogen (secondary N) is 2. The minimum atomic E-state index is 0.0606. The summed E-state index contributed by atoms with van der Waals surface area (Å²) in [5, 5.41) is 10.8. The van der Waals surface area contributed by atoms with Gasteiger partial charge in [0, 0.05) is 25.0 Å². The van der Waals surface area contributed by atoms with Crippen molar-refractivity contribution >= 4 is 5.91 Å². The highest BCUT2D eigenvalue weighted by Crippen LogP contribution is 2.34. The van der Waals surface area contributed by atoms with E-state index in [0.29, 0.717) is 17.9 Å². The highest BCUT2D eigenvalue weighted by atomic mass is 16.2. The molecule has 0 unspecified atom stereocenters. The molecule has 1 aliphatic carbocycles. The highest BCUT2D eigenvalue weighted by Gasteiger charge is 2.40. The number of H-pyrrole nitrogens is 1. The molecule has 6 nitrogen and oxygen atoms in total. The zero-order valence-corrected chi connectivity index (χ0v) is 13.9. The fourth-order valence-electron chi connectivity index (χ4n) is 4.63. The third kappa shape index (κ3) is 3.01. The molecule has 1 aromatic rings. The first-order valence-electron chi connectivity index (χ1n) is 9.14. The quantitative estimate of drug-likeness (QED) is 0.871. The van der Waals surface area contributed by atoms with Gasteiger partial charge in [0.25, 0.3) is 0 Å². The summed E-state index contributed by atoms with van der Waals surface area (Å²) in [5.74, 6) is 3.23. The highest BCUT2D eigenvalue weighted by molar-refractivity contribution is 5.82. The number of fused-ring (bicyclic) bond motifs is 1. The van der Waals surface area contributed by atoms with Gasteiger partial charge in [-0.15, -0.1) is 0 Å². The van der Waals surface area contributed by atoms with E-state index in [1.165, 1.54) is 25.7 Å². The summed E-state index contributed by atoms with van der Waals surface area (Å²) >= 11 is 0. The van der Waals surface area contributed by atoms with Crippen LogP contribution in [0.1, 0.15) is 62.5 Å². The van der Waals surface area contributed by atoms with Gasteiger partial charge < -0.3 is 10.2 Å². The minimum Gasteiger partial charge on any atom is -0.341 e. The first kappa shape index (κ1) is 15.1. The van der Waals surface area contributed by atoms with Gasteiger partial charge in [-0.1, -0.05) is 12.8 Å². The summed E-state index contributed by atoms with van der Waals surface area (Å²) < 4.78 is 0. The van der Waals surface area contributed by atoms with E-state index in [4.69, 9.17) is 0 Å². The van der Waals surface area contributed by atoms with E-state index in [1.54, 1.807) is 0 Å². The standard InChI is InChI=1S/C17H27N5O/c1-11-18-16(21-20-11)12-6-8-22(9-7-12)17(23)15-10-13-4-2-3-5-14(13)19-15/h12-15,19H,2-10H2,1H3,(H,18,20,21)/t13-,14-,15+/m1/s1. The van der Waals surface area contributed by atoms with Crippen molar-refractivity contribution < 1.29 is 4.79 Å². The first-order valence-corrected chi connectivity index (χ1v) is 9.14. The van der Waals surface area contributed by atoms with E-state index in [1.807, 2.05) is 6.92 Å². The molecule has 6 heteroatoms. The molecule has 3 heterocycles. The molecule has 126 valence electrons. The van der Waals surface area contributed by atoms with Crippen molar-refractivity contribution in [1.29, 1.82) is 0 Å². The Bertz CT molecular complexity index is 549. The Labute approximate surface area is 137 Å². The smallest absolute Gasteiger partial charge is 0.239 e. The average Bonchev–Trinajstić information content (AvgIpc) is 3.20.